The molecule has 0 saturated carbocycles. The van der Waals surface area contributed by atoms with E-state index in [4.69, 9.17) is 4.74 Å². The summed E-state index contributed by atoms with van der Waals surface area (Å²) in [5.74, 6) is 0.831. The van der Waals surface area contributed by atoms with Gasteiger partial charge in [-0.15, -0.1) is 0 Å². The highest BCUT2D eigenvalue weighted by Crippen LogP contribution is 2.27. The Kier molecular flexibility index (Phi) is 5.03. The molecule has 0 atom stereocenters. The zero-order valence-electron chi connectivity index (χ0n) is 13.1. The van der Waals surface area contributed by atoms with E-state index in [0.29, 0.717) is 6.61 Å². The van der Waals surface area contributed by atoms with Gasteiger partial charge in [0.15, 0.2) is 0 Å². The highest BCUT2D eigenvalue weighted by atomic mass is 16.5. The van der Waals surface area contributed by atoms with Crippen molar-refractivity contribution in [3.8, 4) is 16.9 Å². The maximum atomic E-state index is 5.58. The van der Waals surface area contributed by atoms with Crippen molar-refractivity contribution in [3.05, 3.63) is 48.3 Å². The van der Waals surface area contributed by atoms with E-state index >= 15 is 0 Å². The highest BCUT2D eigenvalue weighted by molar-refractivity contribution is 5.67. The molecule has 22 heavy (non-hydrogen) atoms. The predicted molar refractivity (Wildman–Crippen MR) is 89.0 cm³/mol. The van der Waals surface area contributed by atoms with Crippen molar-refractivity contribution >= 4 is 0 Å². The van der Waals surface area contributed by atoms with Crippen LogP contribution in [0.15, 0.2) is 42.7 Å². The van der Waals surface area contributed by atoms with Crippen molar-refractivity contribution in [1.29, 1.82) is 0 Å². The Labute approximate surface area is 132 Å². The van der Waals surface area contributed by atoms with E-state index in [-0.39, 0.29) is 0 Å². The first-order valence-corrected chi connectivity index (χ1v) is 7.96. The summed E-state index contributed by atoms with van der Waals surface area (Å²) < 4.78 is 5.58. The van der Waals surface area contributed by atoms with E-state index in [2.05, 4.69) is 45.5 Å². The van der Waals surface area contributed by atoms with E-state index in [0.717, 1.165) is 44.0 Å². The minimum Gasteiger partial charge on any atom is -0.492 e. The normalized spacial score (nSPS) is 15.7. The molecule has 1 saturated heterocycles. The molecule has 4 nitrogen and oxygen atoms in total. The van der Waals surface area contributed by atoms with Gasteiger partial charge in [0.25, 0.3) is 0 Å². The maximum Gasteiger partial charge on any atom is 0.138 e. The Balaban J connectivity index is 1.85. The summed E-state index contributed by atoms with van der Waals surface area (Å²) in [6.07, 6.45) is 3.69. The van der Waals surface area contributed by atoms with Gasteiger partial charge in [0.2, 0.25) is 0 Å². The molecule has 1 N–H and O–H groups in total. The van der Waals surface area contributed by atoms with E-state index in [1.807, 2.05) is 13.1 Å². The molecule has 2 aromatic rings. The minimum absolute atomic E-state index is 0.660. The summed E-state index contributed by atoms with van der Waals surface area (Å²) >= 11 is 0. The second-order valence-corrected chi connectivity index (χ2v) is 5.53. The molecule has 116 valence electrons. The van der Waals surface area contributed by atoms with Gasteiger partial charge in [-0.05, 0) is 24.1 Å². The van der Waals surface area contributed by atoms with Crippen LogP contribution in [0.5, 0.6) is 5.75 Å². The van der Waals surface area contributed by atoms with E-state index < -0.39 is 0 Å². The van der Waals surface area contributed by atoms with E-state index in [9.17, 15) is 0 Å². The Bertz CT molecular complexity index is 609. The van der Waals surface area contributed by atoms with Gasteiger partial charge in [-0.3, -0.25) is 9.88 Å². The Morgan fingerprint density at radius 3 is 2.82 bits per heavy atom. The number of rotatable bonds is 5. The van der Waals surface area contributed by atoms with Crippen LogP contribution in [0.25, 0.3) is 11.1 Å². The van der Waals surface area contributed by atoms with Gasteiger partial charge < -0.3 is 10.1 Å². The number of nitrogens with zero attached hydrogens (tertiary/aromatic N) is 2. The first-order valence-electron chi connectivity index (χ1n) is 7.96. The molecule has 0 unspecified atom stereocenters. The number of benzene rings is 1. The molecule has 2 heterocycles. The predicted octanol–water partition coefficient (Wildman–Crippen LogP) is 2.55. The molecule has 1 fully saturated rings. The average molecular weight is 297 g/mol. The topological polar surface area (TPSA) is 37.4 Å². The molecule has 0 aliphatic carbocycles. The largest absolute Gasteiger partial charge is 0.492 e. The third-order valence-corrected chi connectivity index (χ3v) is 3.96. The van der Waals surface area contributed by atoms with Crippen molar-refractivity contribution in [2.24, 2.45) is 0 Å². The monoisotopic (exact) mass is 297 g/mol. The summed E-state index contributed by atoms with van der Waals surface area (Å²) in [4.78, 5) is 6.81. The number of ether oxygens (including phenoxy) is 1. The second-order valence-electron chi connectivity index (χ2n) is 5.53. The SMILES string of the molecule is CCOc1cncc(-c2ccccc2CN2CCNCC2)c1. The van der Waals surface area contributed by atoms with Gasteiger partial charge >= 0.3 is 0 Å². The van der Waals surface area contributed by atoms with Crippen LogP contribution in [-0.2, 0) is 6.54 Å². The first kappa shape index (κ1) is 15.0. The lowest BCUT2D eigenvalue weighted by Crippen LogP contribution is -2.42. The van der Waals surface area contributed by atoms with Crippen LogP contribution in [0, 0.1) is 0 Å². The lowest BCUT2D eigenvalue weighted by atomic mass is 10.0. The third-order valence-electron chi connectivity index (χ3n) is 3.96. The summed E-state index contributed by atoms with van der Waals surface area (Å²) in [7, 11) is 0. The maximum absolute atomic E-state index is 5.58. The summed E-state index contributed by atoms with van der Waals surface area (Å²) in [6, 6.07) is 10.7. The Morgan fingerprint density at radius 1 is 1.18 bits per heavy atom. The zero-order chi connectivity index (χ0) is 15.2. The number of pyridine rings is 1. The number of hydrogen-bond donors (Lipinski definition) is 1. The number of hydrogen-bond acceptors (Lipinski definition) is 4. The minimum atomic E-state index is 0.660. The summed E-state index contributed by atoms with van der Waals surface area (Å²) in [5.41, 5.74) is 3.71. The number of nitrogens with one attached hydrogen (secondary N) is 1. The average Bonchev–Trinajstić information content (AvgIpc) is 2.57. The fourth-order valence-electron chi connectivity index (χ4n) is 2.86. The van der Waals surface area contributed by atoms with Crippen LogP contribution in [0.1, 0.15) is 12.5 Å². The van der Waals surface area contributed by atoms with Crippen molar-refractivity contribution in [2.45, 2.75) is 13.5 Å². The summed E-state index contributed by atoms with van der Waals surface area (Å²) in [6.45, 7) is 7.99. The quantitative estimate of drug-likeness (QED) is 0.920. The molecule has 1 aromatic carbocycles. The molecule has 0 spiro atoms. The van der Waals surface area contributed by atoms with Gasteiger partial charge in [-0.2, -0.15) is 0 Å². The lowest BCUT2D eigenvalue weighted by molar-refractivity contribution is 0.233. The first-order chi connectivity index (χ1) is 10.9. The second kappa shape index (κ2) is 7.38. The summed E-state index contributed by atoms with van der Waals surface area (Å²) in [5, 5.41) is 3.40. The molecule has 1 aromatic heterocycles. The number of aromatic nitrogens is 1. The molecule has 1 aliphatic rings. The van der Waals surface area contributed by atoms with Crippen molar-refractivity contribution in [1.82, 2.24) is 15.2 Å². The Morgan fingerprint density at radius 2 is 2.00 bits per heavy atom. The molecule has 0 radical (unpaired) electrons. The highest BCUT2D eigenvalue weighted by Gasteiger charge is 2.13. The molecule has 3 rings (SSSR count). The van der Waals surface area contributed by atoms with Crippen LogP contribution in [0.3, 0.4) is 0 Å². The van der Waals surface area contributed by atoms with E-state index in [1.54, 1.807) is 6.20 Å². The molecular formula is C18H23N3O. The molecule has 0 amide bonds. The molecule has 4 heteroatoms. The number of piperazine rings is 1. The van der Waals surface area contributed by atoms with Gasteiger partial charge in [0.1, 0.15) is 5.75 Å². The van der Waals surface area contributed by atoms with E-state index in [1.165, 1.54) is 11.1 Å². The molecule has 1 aliphatic heterocycles. The van der Waals surface area contributed by atoms with Gasteiger partial charge in [0, 0.05) is 44.5 Å². The fraction of sp³-hybridized carbons (Fsp3) is 0.389. The van der Waals surface area contributed by atoms with Crippen LogP contribution in [0.2, 0.25) is 0 Å². The van der Waals surface area contributed by atoms with Crippen LogP contribution < -0.4 is 10.1 Å². The van der Waals surface area contributed by atoms with Crippen molar-refractivity contribution in [2.75, 3.05) is 32.8 Å². The smallest absolute Gasteiger partial charge is 0.138 e. The molecular weight excluding hydrogens is 274 g/mol. The molecule has 0 bridgehead atoms. The fourth-order valence-corrected chi connectivity index (χ4v) is 2.86. The van der Waals surface area contributed by atoms with Gasteiger partial charge in [-0.1, -0.05) is 24.3 Å². The van der Waals surface area contributed by atoms with Crippen LogP contribution in [0.4, 0.5) is 0 Å². The van der Waals surface area contributed by atoms with Crippen LogP contribution >= 0.6 is 0 Å². The van der Waals surface area contributed by atoms with Crippen LogP contribution in [-0.4, -0.2) is 42.7 Å². The van der Waals surface area contributed by atoms with Gasteiger partial charge in [-0.25, -0.2) is 0 Å². The third kappa shape index (κ3) is 3.64. The van der Waals surface area contributed by atoms with Crippen molar-refractivity contribution < 1.29 is 4.74 Å². The standard InChI is InChI=1S/C18H23N3O/c1-2-22-17-11-16(12-20-13-17)18-6-4-3-5-15(18)14-21-9-7-19-8-10-21/h3-6,11-13,19H,2,7-10,14H2,1H3. The lowest BCUT2D eigenvalue weighted by Gasteiger charge is -2.28. The van der Waals surface area contributed by atoms with Crippen molar-refractivity contribution in [3.63, 3.8) is 0 Å². The zero-order valence-corrected chi connectivity index (χ0v) is 13.1. The Hall–Kier alpha value is -1.91. The van der Waals surface area contributed by atoms with Gasteiger partial charge in [0.05, 0.1) is 12.8 Å².